The molecule has 4 atom stereocenters. The van der Waals surface area contributed by atoms with Crippen LogP contribution in [0.15, 0.2) is 12.7 Å². The van der Waals surface area contributed by atoms with Crippen molar-refractivity contribution in [3.63, 3.8) is 0 Å². The lowest BCUT2D eigenvalue weighted by Crippen LogP contribution is -2.44. The largest absolute Gasteiger partial charge is 0.388 e. The Hall–Kier alpha value is -0.380. The molecular weight excluding hydrogens is 228 g/mol. The fourth-order valence-electron chi connectivity index (χ4n) is 3.04. The molecule has 1 N–H and O–H groups in total. The van der Waals surface area contributed by atoms with Crippen LogP contribution in [0.2, 0.25) is 0 Å². The molecule has 104 valence electrons. The van der Waals surface area contributed by atoms with E-state index in [1.165, 1.54) is 0 Å². The molecule has 0 aliphatic carbocycles. The van der Waals surface area contributed by atoms with E-state index in [0.717, 1.165) is 25.7 Å². The van der Waals surface area contributed by atoms with Gasteiger partial charge in [-0.3, -0.25) is 0 Å². The third-order valence-corrected chi connectivity index (χ3v) is 4.53. The van der Waals surface area contributed by atoms with Crippen LogP contribution in [0, 0.1) is 0 Å². The highest BCUT2D eigenvalue weighted by Crippen LogP contribution is 2.44. The molecule has 0 saturated carbocycles. The van der Waals surface area contributed by atoms with E-state index in [4.69, 9.17) is 9.47 Å². The predicted octanol–water partition coefficient (Wildman–Crippen LogP) is 2.82. The topological polar surface area (TPSA) is 38.7 Å². The van der Waals surface area contributed by atoms with Crippen LogP contribution in [0.4, 0.5) is 0 Å². The lowest BCUT2D eigenvalue weighted by Gasteiger charge is -2.35. The standard InChI is InChI=1S/C15H26O3/c1-6-14(4)9-7-12(17-14)15(5)10-8-11(18-15)13(2,3)16/h6,11-12,16H,1,7-10H2,2-5H3/t11-,12-,14+,15+/m0/s1. The molecule has 2 heterocycles. The van der Waals surface area contributed by atoms with Crippen molar-refractivity contribution in [3.8, 4) is 0 Å². The minimum absolute atomic E-state index is 0.0957. The molecule has 0 aromatic rings. The number of hydrogen-bond acceptors (Lipinski definition) is 3. The van der Waals surface area contributed by atoms with E-state index in [1.54, 1.807) is 0 Å². The van der Waals surface area contributed by atoms with E-state index in [1.807, 2.05) is 19.9 Å². The van der Waals surface area contributed by atoms with Gasteiger partial charge in [-0.25, -0.2) is 0 Å². The molecule has 0 radical (unpaired) electrons. The monoisotopic (exact) mass is 254 g/mol. The fraction of sp³-hybridized carbons (Fsp3) is 0.867. The zero-order valence-corrected chi connectivity index (χ0v) is 12.0. The first-order valence-corrected chi connectivity index (χ1v) is 6.90. The third kappa shape index (κ3) is 2.49. The predicted molar refractivity (Wildman–Crippen MR) is 71.5 cm³/mol. The van der Waals surface area contributed by atoms with Crippen molar-refractivity contribution in [2.45, 2.75) is 82.4 Å². The van der Waals surface area contributed by atoms with Gasteiger partial charge in [0.2, 0.25) is 0 Å². The van der Waals surface area contributed by atoms with Crippen molar-refractivity contribution >= 4 is 0 Å². The van der Waals surface area contributed by atoms with E-state index in [2.05, 4.69) is 20.4 Å². The zero-order valence-electron chi connectivity index (χ0n) is 12.0. The number of hydrogen-bond donors (Lipinski definition) is 1. The average Bonchev–Trinajstić information content (AvgIpc) is 2.84. The normalized spacial score (nSPS) is 45.4. The van der Waals surface area contributed by atoms with Crippen LogP contribution in [-0.4, -0.2) is 34.1 Å². The van der Waals surface area contributed by atoms with Crippen LogP contribution < -0.4 is 0 Å². The quantitative estimate of drug-likeness (QED) is 0.787. The second kappa shape index (κ2) is 4.32. The van der Waals surface area contributed by atoms with Gasteiger partial charge in [-0.1, -0.05) is 6.08 Å². The average molecular weight is 254 g/mol. The Morgan fingerprint density at radius 2 is 1.89 bits per heavy atom. The molecule has 3 nitrogen and oxygen atoms in total. The first-order chi connectivity index (χ1) is 8.19. The second-order valence-electron chi connectivity index (χ2n) is 6.77. The van der Waals surface area contributed by atoms with Gasteiger partial charge in [0.05, 0.1) is 29.0 Å². The Morgan fingerprint density at radius 1 is 1.22 bits per heavy atom. The maximum Gasteiger partial charge on any atom is 0.0921 e. The van der Waals surface area contributed by atoms with Crippen LogP contribution in [0.3, 0.4) is 0 Å². The van der Waals surface area contributed by atoms with E-state index in [0.29, 0.717) is 0 Å². The van der Waals surface area contributed by atoms with Gasteiger partial charge in [0, 0.05) is 0 Å². The molecule has 2 fully saturated rings. The van der Waals surface area contributed by atoms with E-state index in [9.17, 15) is 5.11 Å². The van der Waals surface area contributed by atoms with Gasteiger partial charge in [-0.2, -0.15) is 0 Å². The molecule has 2 saturated heterocycles. The molecule has 0 bridgehead atoms. The minimum Gasteiger partial charge on any atom is -0.388 e. The maximum atomic E-state index is 10.1. The Morgan fingerprint density at radius 3 is 2.33 bits per heavy atom. The fourth-order valence-corrected chi connectivity index (χ4v) is 3.04. The summed E-state index contributed by atoms with van der Waals surface area (Å²) in [6.07, 6.45) is 5.72. The third-order valence-electron chi connectivity index (χ3n) is 4.53. The first-order valence-electron chi connectivity index (χ1n) is 6.90. The highest BCUT2D eigenvalue weighted by molar-refractivity contribution is 5.05. The summed E-state index contributed by atoms with van der Waals surface area (Å²) in [4.78, 5) is 0. The Balaban J connectivity index is 2.05. The van der Waals surface area contributed by atoms with Crippen LogP contribution in [0.5, 0.6) is 0 Å². The summed E-state index contributed by atoms with van der Waals surface area (Å²) >= 11 is 0. The molecule has 0 aromatic heterocycles. The summed E-state index contributed by atoms with van der Waals surface area (Å²) in [5.41, 5.74) is -1.27. The molecular formula is C15H26O3. The van der Waals surface area contributed by atoms with Gasteiger partial charge < -0.3 is 14.6 Å². The molecule has 0 spiro atoms. The molecule has 0 aromatic carbocycles. The first kappa shape index (κ1) is 14.0. The van der Waals surface area contributed by atoms with E-state index < -0.39 is 5.60 Å². The summed E-state index contributed by atoms with van der Waals surface area (Å²) < 4.78 is 12.2. The molecule has 3 heteroatoms. The molecule has 2 rings (SSSR count). The van der Waals surface area contributed by atoms with Gasteiger partial charge >= 0.3 is 0 Å². The SMILES string of the molecule is C=C[C@]1(C)CC[C@@H]([C@@]2(C)CC[C@@H](C(C)(C)O)O2)O1. The van der Waals surface area contributed by atoms with Crippen molar-refractivity contribution < 1.29 is 14.6 Å². The second-order valence-corrected chi connectivity index (χ2v) is 6.77. The van der Waals surface area contributed by atoms with Crippen molar-refractivity contribution in [2.75, 3.05) is 0 Å². The van der Waals surface area contributed by atoms with Crippen molar-refractivity contribution in [2.24, 2.45) is 0 Å². The van der Waals surface area contributed by atoms with Crippen LogP contribution in [0.25, 0.3) is 0 Å². The zero-order chi connectivity index (χ0) is 13.6. The smallest absolute Gasteiger partial charge is 0.0921 e. The highest BCUT2D eigenvalue weighted by Gasteiger charge is 2.51. The molecule has 2 aliphatic heterocycles. The Labute approximate surface area is 110 Å². The maximum absolute atomic E-state index is 10.1. The summed E-state index contributed by atoms with van der Waals surface area (Å²) in [5, 5.41) is 10.1. The lowest BCUT2D eigenvalue weighted by molar-refractivity contribution is -0.168. The van der Waals surface area contributed by atoms with E-state index in [-0.39, 0.29) is 23.4 Å². The van der Waals surface area contributed by atoms with Crippen LogP contribution >= 0.6 is 0 Å². The highest BCUT2D eigenvalue weighted by atomic mass is 16.6. The van der Waals surface area contributed by atoms with E-state index >= 15 is 0 Å². The van der Waals surface area contributed by atoms with Crippen molar-refractivity contribution in [1.29, 1.82) is 0 Å². The Bertz CT molecular complexity index is 333. The van der Waals surface area contributed by atoms with Crippen LogP contribution in [-0.2, 0) is 9.47 Å². The summed E-state index contributed by atoms with van der Waals surface area (Å²) in [6.45, 7) is 11.7. The van der Waals surface area contributed by atoms with Gasteiger partial charge in [-0.05, 0) is 53.4 Å². The lowest BCUT2D eigenvalue weighted by atomic mass is 9.91. The van der Waals surface area contributed by atoms with Crippen molar-refractivity contribution in [3.05, 3.63) is 12.7 Å². The van der Waals surface area contributed by atoms with Gasteiger partial charge in [0.25, 0.3) is 0 Å². The van der Waals surface area contributed by atoms with Crippen molar-refractivity contribution in [1.82, 2.24) is 0 Å². The number of ether oxygens (including phenoxy) is 2. The van der Waals surface area contributed by atoms with Gasteiger partial charge in [0.15, 0.2) is 0 Å². The molecule has 0 unspecified atom stereocenters. The summed E-state index contributed by atoms with van der Waals surface area (Å²) in [7, 11) is 0. The van der Waals surface area contributed by atoms with Gasteiger partial charge in [-0.15, -0.1) is 6.58 Å². The molecule has 18 heavy (non-hydrogen) atoms. The number of rotatable bonds is 3. The minimum atomic E-state index is -0.780. The van der Waals surface area contributed by atoms with Crippen LogP contribution in [0.1, 0.15) is 53.4 Å². The summed E-state index contributed by atoms with van der Waals surface area (Å²) in [6, 6.07) is 0. The Kier molecular flexibility index (Phi) is 3.37. The summed E-state index contributed by atoms with van der Waals surface area (Å²) in [5.74, 6) is 0. The van der Waals surface area contributed by atoms with Gasteiger partial charge in [0.1, 0.15) is 0 Å². The molecule has 0 amide bonds. The molecule has 2 aliphatic rings. The number of aliphatic hydroxyl groups is 1.